The molecule has 1 aromatic rings. The summed E-state index contributed by atoms with van der Waals surface area (Å²) < 4.78 is 39.8. The molecule has 0 atom stereocenters. The molecule has 1 aromatic carbocycles. The first-order chi connectivity index (χ1) is 9.90. The summed E-state index contributed by atoms with van der Waals surface area (Å²) in [7, 11) is -3.86. The van der Waals surface area contributed by atoms with Gasteiger partial charge in [0.25, 0.3) is 0 Å². The second-order valence-corrected chi connectivity index (χ2v) is 6.54. The first-order valence-electron chi connectivity index (χ1n) is 6.51. The van der Waals surface area contributed by atoms with Crippen molar-refractivity contribution in [2.24, 2.45) is 0 Å². The largest absolute Gasteiger partial charge is 0.304 e. The summed E-state index contributed by atoms with van der Waals surface area (Å²) in [6, 6.07) is 2.54. The molecular weight excluding hydrogens is 299 g/mol. The standard InChI is InChI=1S/C13H15FN2O4S/c14-12-9-11(5-6-13(12)16(17)18)21(19,20)15-8-7-10-3-1-2-4-10/h3,5-6,9,15H,1-2,4,7-8H2. The predicted octanol–water partition coefficient (Wildman–Crippen LogP) is 2.51. The molecule has 0 saturated heterocycles. The molecule has 8 heteroatoms. The van der Waals surface area contributed by atoms with E-state index in [2.05, 4.69) is 10.8 Å². The second-order valence-electron chi connectivity index (χ2n) is 4.77. The molecule has 0 radical (unpaired) electrons. The molecule has 0 saturated carbocycles. The van der Waals surface area contributed by atoms with Crippen LogP contribution in [0.2, 0.25) is 0 Å². The summed E-state index contributed by atoms with van der Waals surface area (Å²) in [5, 5.41) is 10.5. The minimum atomic E-state index is -3.86. The quantitative estimate of drug-likeness (QED) is 0.496. The zero-order valence-electron chi connectivity index (χ0n) is 11.2. The Kier molecular flexibility index (Phi) is 4.69. The molecule has 114 valence electrons. The molecule has 0 fully saturated rings. The molecule has 0 heterocycles. The van der Waals surface area contributed by atoms with Crippen molar-refractivity contribution in [2.45, 2.75) is 30.6 Å². The number of hydrogen-bond acceptors (Lipinski definition) is 4. The van der Waals surface area contributed by atoms with E-state index in [9.17, 15) is 22.9 Å². The number of rotatable bonds is 6. The summed E-state index contributed by atoms with van der Waals surface area (Å²) in [5.74, 6) is -1.17. The fraction of sp³-hybridized carbons (Fsp3) is 0.385. The van der Waals surface area contributed by atoms with Crippen LogP contribution in [-0.2, 0) is 10.0 Å². The molecule has 2 rings (SSSR count). The molecule has 0 unspecified atom stereocenters. The highest BCUT2D eigenvalue weighted by atomic mass is 32.2. The summed E-state index contributed by atoms with van der Waals surface area (Å²) in [5.41, 5.74) is 0.470. The fourth-order valence-corrected chi connectivity index (χ4v) is 3.24. The van der Waals surface area contributed by atoms with Crippen LogP contribution in [0.5, 0.6) is 0 Å². The maximum absolute atomic E-state index is 13.5. The van der Waals surface area contributed by atoms with Crippen molar-refractivity contribution in [1.29, 1.82) is 0 Å². The monoisotopic (exact) mass is 314 g/mol. The molecule has 1 N–H and O–H groups in total. The van der Waals surface area contributed by atoms with Crippen molar-refractivity contribution >= 4 is 15.7 Å². The molecule has 1 aliphatic carbocycles. The summed E-state index contributed by atoms with van der Waals surface area (Å²) in [6.07, 6.45) is 5.81. The number of nitro benzene ring substituents is 1. The van der Waals surface area contributed by atoms with E-state index in [-0.39, 0.29) is 11.4 Å². The van der Waals surface area contributed by atoms with Gasteiger partial charge in [0.1, 0.15) is 0 Å². The minimum Gasteiger partial charge on any atom is -0.258 e. The number of benzene rings is 1. The Hall–Kier alpha value is -1.80. The Morgan fingerprint density at radius 2 is 2.14 bits per heavy atom. The molecule has 6 nitrogen and oxygen atoms in total. The van der Waals surface area contributed by atoms with E-state index < -0.39 is 26.5 Å². The number of nitro groups is 1. The van der Waals surface area contributed by atoms with Gasteiger partial charge in [-0.2, -0.15) is 4.39 Å². The summed E-state index contributed by atoms with van der Waals surface area (Å²) >= 11 is 0. The smallest absolute Gasteiger partial charge is 0.258 e. The third-order valence-electron chi connectivity index (χ3n) is 3.30. The van der Waals surface area contributed by atoms with E-state index in [1.54, 1.807) is 0 Å². The third kappa shape index (κ3) is 3.85. The Balaban J connectivity index is 2.05. The second kappa shape index (κ2) is 6.31. The summed E-state index contributed by atoms with van der Waals surface area (Å²) in [6.45, 7) is 0.229. The van der Waals surface area contributed by atoms with Gasteiger partial charge in [-0.25, -0.2) is 13.1 Å². The highest BCUT2D eigenvalue weighted by molar-refractivity contribution is 7.89. The van der Waals surface area contributed by atoms with Gasteiger partial charge in [-0.1, -0.05) is 11.6 Å². The van der Waals surface area contributed by atoms with Gasteiger partial charge in [0, 0.05) is 18.7 Å². The maximum Gasteiger partial charge on any atom is 0.304 e. The normalized spacial score (nSPS) is 15.0. The molecule has 0 bridgehead atoms. The van der Waals surface area contributed by atoms with Crippen molar-refractivity contribution in [3.63, 3.8) is 0 Å². The zero-order chi connectivity index (χ0) is 15.5. The highest BCUT2D eigenvalue weighted by Crippen LogP contribution is 2.22. The lowest BCUT2D eigenvalue weighted by molar-refractivity contribution is -0.387. The van der Waals surface area contributed by atoms with Gasteiger partial charge < -0.3 is 0 Å². The molecule has 0 amide bonds. The lowest BCUT2D eigenvalue weighted by Crippen LogP contribution is -2.25. The first kappa shape index (κ1) is 15.6. The number of allylic oxidation sites excluding steroid dienone is 1. The molecule has 0 spiro atoms. The fourth-order valence-electron chi connectivity index (χ4n) is 2.20. The van der Waals surface area contributed by atoms with Crippen LogP contribution in [0.15, 0.2) is 34.7 Å². The van der Waals surface area contributed by atoms with E-state index in [0.29, 0.717) is 12.5 Å². The van der Waals surface area contributed by atoms with Crippen LogP contribution >= 0.6 is 0 Å². The van der Waals surface area contributed by atoms with Gasteiger partial charge in [0.05, 0.1) is 9.82 Å². The lowest BCUT2D eigenvalue weighted by atomic mass is 10.2. The average molecular weight is 314 g/mol. The van der Waals surface area contributed by atoms with E-state index in [1.165, 1.54) is 5.57 Å². The van der Waals surface area contributed by atoms with Gasteiger partial charge in [-0.3, -0.25) is 10.1 Å². The van der Waals surface area contributed by atoms with Gasteiger partial charge >= 0.3 is 5.69 Å². The van der Waals surface area contributed by atoms with Crippen LogP contribution < -0.4 is 4.72 Å². The van der Waals surface area contributed by atoms with E-state index in [4.69, 9.17) is 0 Å². The maximum atomic E-state index is 13.5. The predicted molar refractivity (Wildman–Crippen MR) is 74.8 cm³/mol. The van der Waals surface area contributed by atoms with E-state index >= 15 is 0 Å². The molecule has 0 aliphatic heterocycles. The SMILES string of the molecule is O=[N+]([O-])c1ccc(S(=O)(=O)NCCC2=CCCC2)cc1F. The molecular formula is C13H15FN2O4S. The van der Waals surface area contributed by atoms with Crippen molar-refractivity contribution in [3.05, 3.63) is 45.8 Å². The van der Waals surface area contributed by atoms with Crippen LogP contribution in [0.1, 0.15) is 25.7 Å². The third-order valence-corrected chi connectivity index (χ3v) is 4.76. The Labute approximate surface area is 121 Å². The Morgan fingerprint density at radius 3 is 2.71 bits per heavy atom. The number of nitrogens with one attached hydrogen (secondary N) is 1. The lowest BCUT2D eigenvalue weighted by Gasteiger charge is -2.07. The topological polar surface area (TPSA) is 89.3 Å². The minimum absolute atomic E-state index is 0.229. The molecule has 21 heavy (non-hydrogen) atoms. The van der Waals surface area contributed by atoms with Crippen LogP contribution in [0.4, 0.5) is 10.1 Å². The van der Waals surface area contributed by atoms with Crippen LogP contribution in [-0.4, -0.2) is 19.9 Å². The van der Waals surface area contributed by atoms with Gasteiger partial charge in [-0.15, -0.1) is 0 Å². The van der Waals surface area contributed by atoms with Gasteiger partial charge in [0.2, 0.25) is 15.8 Å². The zero-order valence-corrected chi connectivity index (χ0v) is 12.0. The summed E-state index contributed by atoms with van der Waals surface area (Å²) in [4.78, 5) is 9.29. The number of sulfonamides is 1. The Bertz CT molecular complexity index is 685. The van der Waals surface area contributed by atoms with Crippen LogP contribution in [0, 0.1) is 15.9 Å². The number of halogens is 1. The Morgan fingerprint density at radius 1 is 1.38 bits per heavy atom. The average Bonchev–Trinajstić information content (AvgIpc) is 2.91. The molecule has 1 aliphatic rings. The van der Waals surface area contributed by atoms with Crippen LogP contribution in [0.25, 0.3) is 0 Å². The van der Waals surface area contributed by atoms with Crippen molar-refractivity contribution in [1.82, 2.24) is 4.72 Å². The highest BCUT2D eigenvalue weighted by Gasteiger charge is 2.20. The number of hydrogen-bond donors (Lipinski definition) is 1. The molecule has 0 aromatic heterocycles. The van der Waals surface area contributed by atoms with E-state index in [1.807, 2.05) is 0 Å². The van der Waals surface area contributed by atoms with Crippen molar-refractivity contribution < 1.29 is 17.7 Å². The van der Waals surface area contributed by atoms with Crippen molar-refractivity contribution in [2.75, 3.05) is 6.54 Å². The van der Waals surface area contributed by atoms with Crippen molar-refractivity contribution in [3.8, 4) is 0 Å². The first-order valence-corrected chi connectivity index (χ1v) is 8.00. The van der Waals surface area contributed by atoms with Gasteiger partial charge in [0.15, 0.2) is 0 Å². The van der Waals surface area contributed by atoms with Crippen LogP contribution in [0.3, 0.4) is 0 Å². The van der Waals surface area contributed by atoms with E-state index in [0.717, 1.165) is 31.4 Å². The number of nitrogens with zero attached hydrogens (tertiary/aromatic N) is 1. The van der Waals surface area contributed by atoms with Gasteiger partial charge in [-0.05, 0) is 31.7 Å².